The third-order valence-electron chi connectivity index (χ3n) is 16.1. The van der Waals surface area contributed by atoms with Crippen LogP contribution in [0.25, 0.3) is 0 Å². The van der Waals surface area contributed by atoms with Gasteiger partial charge in [0, 0.05) is 12.8 Å². The van der Waals surface area contributed by atoms with Gasteiger partial charge in [-0.2, -0.15) is 0 Å². The lowest BCUT2D eigenvalue weighted by Crippen LogP contribution is -2.37. The Labute approximate surface area is 510 Å². The smallest absolute Gasteiger partial charge is 0.306 e. The molecule has 484 valence electrons. The minimum absolute atomic E-state index is 0.0283. The van der Waals surface area contributed by atoms with Crippen LogP contribution in [0.15, 0.2) is 36.5 Å². The minimum atomic E-state index is -4.64. The van der Waals surface area contributed by atoms with Crippen molar-refractivity contribution in [2.45, 2.75) is 367 Å². The first-order valence-electron chi connectivity index (χ1n) is 35.7. The SMILES string of the molecule is CCCCCCC/C=C\C/C=C\CCCCCCCCCCCCCCCCCC(=O)OC(COC(=O)CCCCCCCCCCCCCCCCCCCCC/C=C\CCCCCCCCCC)COP(=O)([O-])OCC[N+](C)(C)C. The van der Waals surface area contributed by atoms with E-state index in [2.05, 4.69) is 50.3 Å². The fourth-order valence-electron chi connectivity index (χ4n) is 10.6. The number of nitrogens with zero attached hydrogens (tertiary/aromatic N) is 1. The predicted molar refractivity (Wildman–Crippen MR) is 351 cm³/mol. The first kappa shape index (κ1) is 80.2. The largest absolute Gasteiger partial charge is 0.756 e. The average molecular weight is 1180 g/mol. The maximum Gasteiger partial charge on any atom is 0.306 e. The van der Waals surface area contributed by atoms with E-state index in [9.17, 15) is 19.0 Å². The number of likely N-dealkylation sites (N-methyl/N-ethyl adjacent to an activating group) is 1. The van der Waals surface area contributed by atoms with Crippen LogP contribution < -0.4 is 4.89 Å². The highest BCUT2D eigenvalue weighted by molar-refractivity contribution is 7.45. The molecule has 0 aromatic rings. The molecule has 0 heterocycles. The van der Waals surface area contributed by atoms with Crippen molar-refractivity contribution in [1.82, 2.24) is 0 Å². The maximum absolute atomic E-state index is 12.9. The van der Waals surface area contributed by atoms with Crippen LogP contribution >= 0.6 is 7.82 Å². The van der Waals surface area contributed by atoms with E-state index in [0.29, 0.717) is 17.4 Å². The number of ether oxygens (including phenoxy) is 2. The molecule has 0 radical (unpaired) electrons. The zero-order valence-corrected chi connectivity index (χ0v) is 56.1. The second-order valence-electron chi connectivity index (χ2n) is 25.6. The third-order valence-corrected chi connectivity index (χ3v) is 17.1. The summed E-state index contributed by atoms with van der Waals surface area (Å²) >= 11 is 0. The minimum Gasteiger partial charge on any atom is -0.756 e. The topological polar surface area (TPSA) is 111 Å². The van der Waals surface area contributed by atoms with Crippen LogP contribution in [0.3, 0.4) is 0 Å². The zero-order chi connectivity index (χ0) is 59.8. The fraction of sp³-hybridized carbons (Fsp3) is 0.889. The molecule has 0 spiro atoms. The standard InChI is InChI=1S/C72H138NO8P/c1-6-8-10-12-14-16-18-20-22-24-26-28-30-32-34-35-36-37-39-40-42-44-46-48-50-52-54-56-58-60-62-64-71(74)78-68-70(69-80-82(76,77)79-67-66-73(3,4)5)81-72(75)65-63-61-59-57-55-53-51-49-47-45-43-41-38-33-31-29-27-25-23-21-19-17-15-13-11-9-7-2/h19,21,24-27,70H,6-18,20,22-23,28-69H2,1-5H3/b21-19-,26-24-,27-25-. The van der Waals surface area contributed by atoms with Crippen molar-refractivity contribution < 1.29 is 42.1 Å². The molecule has 0 bridgehead atoms. The van der Waals surface area contributed by atoms with Crippen LogP contribution in [0.1, 0.15) is 361 Å². The first-order valence-corrected chi connectivity index (χ1v) is 37.2. The molecule has 2 unspecified atom stereocenters. The number of hydrogen-bond acceptors (Lipinski definition) is 8. The molecule has 0 amide bonds. The Morgan fingerprint density at radius 2 is 0.659 bits per heavy atom. The molecule has 0 aliphatic heterocycles. The van der Waals surface area contributed by atoms with Gasteiger partial charge in [-0.15, -0.1) is 0 Å². The van der Waals surface area contributed by atoms with Gasteiger partial charge in [0.05, 0.1) is 27.7 Å². The molecule has 0 rings (SSSR count). The Hall–Kier alpha value is -1.77. The van der Waals surface area contributed by atoms with Gasteiger partial charge in [0.15, 0.2) is 6.10 Å². The van der Waals surface area contributed by atoms with Gasteiger partial charge in [-0.05, 0) is 70.6 Å². The molecule has 0 aliphatic carbocycles. The summed E-state index contributed by atoms with van der Waals surface area (Å²) in [5.74, 6) is -0.813. The van der Waals surface area contributed by atoms with E-state index in [-0.39, 0.29) is 32.0 Å². The number of rotatable bonds is 67. The Balaban J connectivity index is 3.99. The van der Waals surface area contributed by atoms with Gasteiger partial charge in [0.1, 0.15) is 19.8 Å². The highest BCUT2D eigenvalue weighted by atomic mass is 31.2. The van der Waals surface area contributed by atoms with Crippen LogP contribution in [0.5, 0.6) is 0 Å². The van der Waals surface area contributed by atoms with Gasteiger partial charge in [-0.3, -0.25) is 14.2 Å². The van der Waals surface area contributed by atoms with Crippen molar-refractivity contribution in [3.8, 4) is 0 Å². The highest BCUT2D eigenvalue weighted by Crippen LogP contribution is 2.38. The summed E-state index contributed by atoms with van der Waals surface area (Å²) in [7, 11) is 1.18. The van der Waals surface area contributed by atoms with Gasteiger partial charge < -0.3 is 27.9 Å². The number of esters is 2. The Morgan fingerprint density at radius 3 is 0.976 bits per heavy atom. The number of hydrogen-bond donors (Lipinski definition) is 0. The van der Waals surface area contributed by atoms with Gasteiger partial charge in [0.25, 0.3) is 7.82 Å². The summed E-state index contributed by atoms with van der Waals surface area (Å²) < 4.78 is 34.3. The van der Waals surface area contributed by atoms with Crippen LogP contribution in [-0.2, 0) is 32.7 Å². The Kier molecular flexibility index (Phi) is 62.3. The van der Waals surface area contributed by atoms with E-state index in [1.54, 1.807) is 0 Å². The lowest BCUT2D eigenvalue weighted by Gasteiger charge is -2.28. The predicted octanol–water partition coefficient (Wildman–Crippen LogP) is 22.4. The third kappa shape index (κ3) is 67.4. The number of quaternary nitrogens is 1. The Bertz CT molecular complexity index is 1480. The number of phosphoric ester groups is 1. The van der Waals surface area contributed by atoms with E-state index in [4.69, 9.17) is 18.5 Å². The van der Waals surface area contributed by atoms with Gasteiger partial charge >= 0.3 is 11.9 Å². The van der Waals surface area contributed by atoms with E-state index in [1.807, 2.05) is 21.1 Å². The molecule has 2 atom stereocenters. The van der Waals surface area contributed by atoms with E-state index in [0.717, 1.165) is 44.9 Å². The molecule has 0 aromatic heterocycles. The van der Waals surface area contributed by atoms with E-state index < -0.39 is 26.5 Å². The van der Waals surface area contributed by atoms with Crippen molar-refractivity contribution in [3.63, 3.8) is 0 Å². The molecular weight excluding hydrogens is 1040 g/mol. The summed E-state index contributed by atoms with van der Waals surface area (Å²) in [6.07, 6.45) is 80.9. The summed E-state index contributed by atoms with van der Waals surface area (Å²) in [6.45, 7) is 4.30. The molecule has 82 heavy (non-hydrogen) atoms. The molecule has 0 fully saturated rings. The van der Waals surface area contributed by atoms with Gasteiger partial charge in [-0.1, -0.05) is 314 Å². The lowest BCUT2D eigenvalue weighted by atomic mass is 10.0. The summed E-state index contributed by atoms with van der Waals surface area (Å²) in [6, 6.07) is 0. The van der Waals surface area contributed by atoms with Crippen molar-refractivity contribution >= 4 is 19.8 Å². The number of unbranched alkanes of at least 4 members (excludes halogenated alkanes) is 47. The molecular formula is C72H138NO8P. The molecule has 9 nitrogen and oxygen atoms in total. The monoisotopic (exact) mass is 1180 g/mol. The second-order valence-corrected chi connectivity index (χ2v) is 27.0. The molecule has 0 aromatic carbocycles. The number of allylic oxidation sites excluding steroid dienone is 6. The summed E-state index contributed by atoms with van der Waals surface area (Å²) in [5.41, 5.74) is 0. The van der Waals surface area contributed by atoms with Crippen molar-refractivity contribution in [1.29, 1.82) is 0 Å². The van der Waals surface area contributed by atoms with Crippen molar-refractivity contribution in [2.24, 2.45) is 0 Å². The zero-order valence-electron chi connectivity index (χ0n) is 55.2. The van der Waals surface area contributed by atoms with Crippen LogP contribution in [0, 0.1) is 0 Å². The molecule has 10 heteroatoms. The Morgan fingerprint density at radius 1 is 0.378 bits per heavy atom. The van der Waals surface area contributed by atoms with Gasteiger partial charge in [-0.25, -0.2) is 0 Å². The summed E-state index contributed by atoms with van der Waals surface area (Å²) in [4.78, 5) is 38.1. The van der Waals surface area contributed by atoms with Crippen LogP contribution in [-0.4, -0.2) is 70.0 Å². The van der Waals surface area contributed by atoms with E-state index >= 15 is 0 Å². The number of carbonyl (C=O) groups is 2. The molecule has 0 saturated carbocycles. The molecule has 0 N–H and O–H groups in total. The van der Waals surface area contributed by atoms with Crippen LogP contribution in [0.2, 0.25) is 0 Å². The van der Waals surface area contributed by atoms with Crippen molar-refractivity contribution in [2.75, 3.05) is 47.5 Å². The fourth-order valence-corrected chi connectivity index (χ4v) is 11.4. The average Bonchev–Trinajstić information content (AvgIpc) is 3.46. The normalized spacial score (nSPS) is 13.3. The first-order chi connectivity index (χ1) is 40.0. The highest BCUT2D eigenvalue weighted by Gasteiger charge is 2.22. The molecule has 0 aliphatic rings. The second kappa shape index (κ2) is 63.7. The lowest BCUT2D eigenvalue weighted by molar-refractivity contribution is -0.870. The number of phosphoric acid groups is 1. The molecule has 0 saturated heterocycles. The summed E-state index contributed by atoms with van der Waals surface area (Å²) in [5, 5.41) is 0. The quantitative estimate of drug-likeness (QED) is 0.0195. The maximum atomic E-state index is 12.9. The van der Waals surface area contributed by atoms with E-state index in [1.165, 1.54) is 283 Å². The van der Waals surface area contributed by atoms with Crippen LogP contribution in [0.4, 0.5) is 0 Å². The number of carbonyl (C=O) groups excluding carboxylic acids is 2. The van der Waals surface area contributed by atoms with Crippen molar-refractivity contribution in [3.05, 3.63) is 36.5 Å². The van der Waals surface area contributed by atoms with Gasteiger partial charge in [0.2, 0.25) is 0 Å².